The van der Waals surface area contributed by atoms with Crippen molar-refractivity contribution < 1.29 is 19.5 Å². The highest BCUT2D eigenvalue weighted by atomic mass is 16.4. The molecule has 19 heavy (non-hydrogen) atoms. The number of carbonyl (C=O) groups is 3. The third-order valence-corrected chi connectivity index (χ3v) is 2.32. The highest BCUT2D eigenvalue weighted by Crippen LogP contribution is 1.99. The van der Waals surface area contributed by atoms with Crippen LogP contribution in [-0.4, -0.2) is 53.4 Å². The summed E-state index contributed by atoms with van der Waals surface area (Å²) in [5.74, 6) is -1.81. The zero-order chi connectivity index (χ0) is 14.4. The Bertz CT molecular complexity index is 500. The summed E-state index contributed by atoms with van der Waals surface area (Å²) in [6.45, 7) is 0.175. The molecule has 7 heteroatoms. The van der Waals surface area contributed by atoms with E-state index in [-0.39, 0.29) is 30.3 Å². The lowest BCUT2D eigenvalue weighted by atomic mass is 10.3. The molecular weight excluding hydrogens is 250 g/mol. The number of hydrogen-bond donors (Lipinski definition) is 2. The van der Waals surface area contributed by atoms with Gasteiger partial charge in [-0.3, -0.25) is 9.59 Å². The minimum absolute atomic E-state index is 0.0113. The van der Waals surface area contributed by atoms with Crippen molar-refractivity contribution in [2.24, 2.45) is 0 Å². The lowest BCUT2D eigenvalue weighted by Gasteiger charge is -2.10. The summed E-state index contributed by atoms with van der Waals surface area (Å²) in [7, 11) is 3.25. The molecule has 0 atom stereocenters. The van der Waals surface area contributed by atoms with Gasteiger partial charge in [0.1, 0.15) is 11.4 Å². The molecule has 1 heterocycles. The van der Waals surface area contributed by atoms with E-state index < -0.39 is 11.9 Å². The average molecular weight is 265 g/mol. The first kappa shape index (κ1) is 14.6. The summed E-state index contributed by atoms with van der Waals surface area (Å²) in [4.78, 5) is 38.8. The fourth-order valence-corrected chi connectivity index (χ4v) is 1.28. The van der Waals surface area contributed by atoms with Gasteiger partial charge in [-0.15, -0.1) is 0 Å². The Morgan fingerprint density at radius 2 is 1.89 bits per heavy atom. The van der Waals surface area contributed by atoms with Crippen molar-refractivity contribution in [3.8, 4) is 0 Å². The molecule has 2 amide bonds. The van der Waals surface area contributed by atoms with Crippen LogP contribution in [0.3, 0.4) is 0 Å². The Kier molecular flexibility index (Phi) is 4.99. The molecule has 0 aliphatic rings. The highest BCUT2D eigenvalue weighted by Gasteiger charge is 2.11. The summed E-state index contributed by atoms with van der Waals surface area (Å²) >= 11 is 0. The van der Waals surface area contributed by atoms with Gasteiger partial charge in [0.25, 0.3) is 5.91 Å². The van der Waals surface area contributed by atoms with E-state index in [0.29, 0.717) is 0 Å². The van der Waals surface area contributed by atoms with Crippen LogP contribution < -0.4 is 5.32 Å². The van der Waals surface area contributed by atoms with E-state index in [4.69, 9.17) is 5.11 Å². The van der Waals surface area contributed by atoms with Crippen LogP contribution >= 0.6 is 0 Å². The Morgan fingerprint density at radius 1 is 1.26 bits per heavy atom. The summed E-state index contributed by atoms with van der Waals surface area (Å²) in [5, 5.41) is 11.3. The van der Waals surface area contributed by atoms with E-state index in [1.807, 2.05) is 0 Å². The lowest BCUT2D eigenvalue weighted by molar-refractivity contribution is -0.128. The number of rotatable bonds is 5. The normalized spacial score (nSPS) is 9.79. The van der Waals surface area contributed by atoms with Crippen molar-refractivity contribution in [1.82, 2.24) is 15.2 Å². The fraction of sp³-hybridized carbons (Fsp3) is 0.333. The van der Waals surface area contributed by atoms with E-state index in [2.05, 4.69) is 10.3 Å². The maximum absolute atomic E-state index is 11.7. The molecule has 1 aromatic heterocycles. The highest BCUT2D eigenvalue weighted by molar-refractivity contribution is 5.94. The zero-order valence-electron chi connectivity index (χ0n) is 10.7. The first-order valence-electron chi connectivity index (χ1n) is 5.60. The summed E-state index contributed by atoms with van der Waals surface area (Å²) in [6.07, 6.45) is 0.178. The molecule has 2 N–H and O–H groups in total. The van der Waals surface area contributed by atoms with Crippen molar-refractivity contribution in [2.75, 3.05) is 20.6 Å². The number of carbonyl (C=O) groups excluding carboxylic acids is 2. The van der Waals surface area contributed by atoms with Crippen LogP contribution in [0.2, 0.25) is 0 Å². The Hall–Kier alpha value is -2.44. The topological polar surface area (TPSA) is 99.6 Å². The molecule has 102 valence electrons. The van der Waals surface area contributed by atoms with Gasteiger partial charge in [0.15, 0.2) is 0 Å². The van der Waals surface area contributed by atoms with Crippen LogP contribution in [0.1, 0.15) is 27.4 Å². The van der Waals surface area contributed by atoms with Crippen molar-refractivity contribution in [3.63, 3.8) is 0 Å². The van der Waals surface area contributed by atoms with Crippen LogP contribution in [0.5, 0.6) is 0 Å². The standard InChI is InChI=1S/C12H15N3O4/c1-15(2)10(16)6-7-13-11(17)8-4-3-5-9(14-8)12(18)19/h3-5H,6-7H2,1-2H3,(H,13,17)(H,18,19). The number of carboxylic acid groups (broad SMARTS) is 1. The van der Waals surface area contributed by atoms with Crippen LogP contribution in [0, 0.1) is 0 Å². The first-order valence-corrected chi connectivity index (χ1v) is 5.60. The maximum Gasteiger partial charge on any atom is 0.354 e. The summed E-state index contributed by atoms with van der Waals surface area (Å²) in [5.41, 5.74) is -0.186. The second-order valence-electron chi connectivity index (χ2n) is 4.01. The number of nitrogens with one attached hydrogen (secondary N) is 1. The van der Waals surface area contributed by atoms with E-state index >= 15 is 0 Å². The summed E-state index contributed by atoms with van der Waals surface area (Å²) < 4.78 is 0. The van der Waals surface area contributed by atoms with E-state index in [9.17, 15) is 14.4 Å². The molecule has 1 rings (SSSR count). The molecule has 0 radical (unpaired) electrons. The van der Waals surface area contributed by atoms with Gasteiger partial charge in [-0.05, 0) is 12.1 Å². The molecule has 0 saturated heterocycles. The SMILES string of the molecule is CN(C)C(=O)CCNC(=O)c1cccc(C(=O)O)n1. The Labute approximate surface area is 110 Å². The molecule has 0 fully saturated rings. The maximum atomic E-state index is 11.7. The Morgan fingerprint density at radius 3 is 2.47 bits per heavy atom. The quantitative estimate of drug-likeness (QED) is 0.780. The average Bonchev–Trinajstić information content (AvgIpc) is 2.38. The van der Waals surface area contributed by atoms with Crippen molar-refractivity contribution >= 4 is 17.8 Å². The van der Waals surface area contributed by atoms with Gasteiger partial charge in [-0.25, -0.2) is 9.78 Å². The molecule has 0 spiro atoms. The Balaban J connectivity index is 2.57. The minimum Gasteiger partial charge on any atom is -0.477 e. The number of amides is 2. The third kappa shape index (κ3) is 4.38. The van der Waals surface area contributed by atoms with Crippen molar-refractivity contribution in [2.45, 2.75) is 6.42 Å². The van der Waals surface area contributed by atoms with Crippen molar-refractivity contribution in [1.29, 1.82) is 0 Å². The predicted molar refractivity (Wildman–Crippen MR) is 66.8 cm³/mol. The smallest absolute Gasteiger partial charge is 0.354 e. The molecule has 0 aromatic carbocycles. The minimum atomic E-state index is -1.20. The number of hydrogen-bond acceptors (Lipinski definition) is 4. The number of nitrogens with zero attached hydrogens (tertiary/aromatic N) is 2. The van der Waals surface area contributed by atoms with Gasteiger partial charge in [-0.1, -0.05) is 6.07 Å². The van der Waals surface area contributed by atoms with Gasteiger partial charge >= 0.3 is 5.97 Å². The molecule has 0 bridgehead atoms. The fourth-order valence-electron chi connectivity index (χ4n) is 1.28. The van der Waals surface area contributed by atoms with Gasteiger partial charge in [-0.2, -0.15) is 0 Å². The molecular formula is C12H15N3O4. The first-order chi connectivity index (χ1) is 8.91. The van der Waals surface area contributed by atoms with Crippen LogP contribution in [-0.2, 0) is 4.79 Å². The van der Waals surface area contributed by atoms with Gasteiger partial charge in [0.2, 0.25) is 5.91 Å². The largest absolute Gasteiger partial charge is 0.477 e. The molecule has 0 unspecified atom stereocenters. The second-order valence-corrected chi connectivity index (χ2v) is 4.01. The monoisotopic (exact) mass is 265 g/mol. The number of aromatic nitrogens is 1. The van der Waals surface area contributed by atoms with E-state index in [0.717, 1.165) is 0 Å². The number of aromatic carboxylic acids is 1. The van der Waals surface area contributed by atoms with Gasteiger partial charge in [0, 0.05) is 27.1 Å². The molecule has 7 nitrogen and oxygen atoms in total. The van der Waals surface area contributed by atoms with Gasteiger partial charge in [0.05, 0.1) is 0 Å². The molecule has 0 aliphatic carbocycles. The van der Waals surface area contributed by atoms with Crippen LogP contribution in [0.15, 0.2) is 18.2 Å². The molecule has 1 aromatic rings. The molecule has 0 saturated carbocycles. The lowest BCUT2D eigenvalue weighted by Crippen LogP contribution is -2.30. The zero-order valence-corrected chi connectivity index (χ0v) is 10.7. The van der Waals surface area contributed by atoms with Crippen LogP contribution in [0.25, 0.3) is 0 Å². The predicted octanol–water partition coefficient (Wildman–Crippen LogP) is -0.0121. The van der Waals surface area contributed by atoms with Gasteiger partial charge < -0.3 is 15.3 Å². The second kappa shape index (κ2) is 6.48. The van der Waals surface area contributed by atoms with E-state index in [1.54, 1.807) is 14.1 Å². The number of pyridine rings is 1. The van der Waals surface area contributed by atoms with E-state index in [1.165, 1.54) is 23.1 Å². The number of carboxylic acids is 1. The molecule has 0 aliphatic heterocycles. The van der Waals surface area contributed by atoms with Crippen molar-refractivity contribution in [3.05, 3.63) is 29.6 Å². The van der Waals surface area contributed by atoms with Crippen LogP contribution in [0.4, 0.5) is 0 Å². The third-order valence-electron chi connectivity index (χ3n) is 2.32. The summed E-state index contributed by atoms with van der Waals surface area (Å²) in [6, 6.07) is 4.15.